The smallest absolute Gasteiger partial charge is 0.251 e. The van der Waals surface area contributed by atoms with E-state index in [1.807, 2.05) is 0 Å². The van der Waals surface area contributed by atoms with E-state index in [0.29, 0.717) is 40.8 Å². The summed E-state index contributed by atoms with van der Waals surface area (Å²) in [7, 11) is 0. The van der Waals surface area contributed by atoms with E-state index in [1.165, 1.54) is 6.07 Å². The minimum atomic E-state index is -0.347. The Labute approximate surface area is 167 Å². The van der Waals surface area contributed by atoms with Gasteiger partial charge in [-0.1, -0.05) is 12.1 Å². The zero-order valence-electron chi connectivity index (χ0n) is 15.8. The van der Waals surface area contributed by atoms with Crippen molar-refractivity contribution in [3.8, 4) is 11.3 Å². The molecule has 148 valence electrons. The van der Waals surface area contributed by atoms with Crippen molar-refractivity contribution in [2.24, 2.45) is 0 Å². The summed E-state index contributed by atoms with van der Waals surface area (Å²) >= 11 is 0. The van der Waals surface area contributed by atoms with Gasteiger partial charge in [0.15, 0.2) is 0 Å². The predicted molar refractivity (Wildman–Crippen MR) is 108 cm³/mol. The number of nitrogens with one attached hydrogen (secondary N) is 2. The highest BCUT2D eigenvalue weighted by Gasteiger charge is 2.23. The van der Waals surface area contributed by atoms with Crippen LogP contribution in [0.2, 0.25) is 0 Å². The molecule has 1 aliphatic carbocycles. The van der Waals surface area contributed by atoms with Gasteiger partial charge in [-0.15, -0.1) is 0 Å². The monoisotopic (exact) mass is 392 g/mol. The lowest BCUT2D eigenvalue weighted by atomic mass is 10.1. The van der Waals surface area contributed by atoms with Crippen molar-refractivity contribution in [3.63, 3.8) is 0 Å². The summed E-state index contributed by atoms with van der Waals surface area (Å²) in [5, 5.41) is 5.73. The molecule has 1 fully saturated rings. The summed E-state index contributed by atoms with van der Waals surface area (Å²) in [5.74, 6) is 0.461. The molecule has 0 radical (unpaired) electrons. The maximum absolute atomic E-state index is 13.8. The number of aryl methyl sites for hydroxylation is 1. The van der Waals surface area contributed by atoms with Crippen LogP contribution in [0.4, 0.5) is 10.1 Å². The Morgan fingerprint density at radius 3 is 2.48 bits per heavy atom. The number of carbonyl (C=O) groups is 2. The zero-order valence-corrected chi connectivity index (χ0v) is 15.8. The molecule has 2 aromatic carbocycles. The van der Waals surface area contributed by atoms with Gasteiger partial charge in [0.2, 0.25) is 5.91 Å². The first-order valence-electron chi connectivity index (χ1n) is 9.63. The second-order valence-electron chi connectivity index (χ2n) is 7.12. The molecule has 2 N–H and O–H groups in total. The van der Waals surface area contributed by atoms with Gasteiger partial charge in [0.1, 0.15) is 17.3 Å². The highest BCUT2D eigenvalue weighted by Crippen LogP contribution is 2.25. The number of carbonyl (C=O) groups excluding carboxylic acids is 2. The lowest BCUT2D eigenvalue weighted by molar-refractivity contribution is -0.116. The van der Waals surface area contributed by atoms with Crippen LogP contribution in [0.15, 0.2) is 65.1 Å². The number of halogens is 1. The van der Waals surface area contributed by atoms with Crippen LogP contribution in [0.25, 0.3) is 11.3 Å². The number of anilines is 1. The largest absolute Gasteiger partial charge is 0.461 e. The Bertz CT molecular complexity index is 1020. The molecule has 3 aromatic rings. The standard InChI is InChI=1S/C23H21FN2O3/c24-20-4-2-1-3-19(20)21-13-11-18(29-21)12-14-22(27)25-16-7-5-15(6-8-16)23(28)26-17-9-10-17/h1-8,11,13,17H,9-10,12,14H2,(H,25,27)(H,26,28). The van der Waals surface area contributed by atoms with Crippen molar-refractivity contribution < 1.29 is 18.4 Å². The molecule has 0 aliphatic heterocycles. The normalized spacial score (nSPS) is 13.1. The fourth-order valence-electron chi connectivity index (χ4n) is 2.98. The van der Waals surface area contributed by atoms with Crippen LogP contribution >= 0.6 is 0 Å². The van der Waals surface area contributed by atoms with Gasteiger partial charge in [-0.2, -0.15) is 0 Å². The van der Waals surface area contributed by atoms with Crippen LogP contribution in [-0.2, 0) is 11.2 Å². The van der Waals surface area contributed by atoms with E-state index in [0.717, 1.165) is 12.8 Å². The lowest BCUT2D eigenvalue weighted by Gasteiger charge is -2.07. The molecule has 4 rings (SSSR count). The molecule has 0 bridgehead atoms. The van der Waals surface area contributed by atoms with E-state index < -0.39 is 0 Å². The molecule has 1 aliphatic rings. The maximum Gasteiger partial charge on any atom is 0.251 e. The SMILES string of the molecule is O=C(CCc1ccc(-c2ccccc2F)o1)Nc1ccc(C(=O)NC2CC2)cc1. The van der Waals surface area contributed by atoms with Crippen LogP contribution < -0.4 is 10.6 Å². The average Bonchev–Trinajstić information content (AvgIpc) is 3.41. The second-order valence-corrected chi connectivity index (χ2v) is 7.12. The van der Waals surface area contributed by atoms with Crippen LogP contribution in [0, 0.1) is 5.82 Å². The first-order valence-corrected chi connectivity index (χ1v) is 9.63. The van der Waals surface area contributed by atoms with Gasteiger partial charge in [-0.25, -0.2) is 4.39 Å². The third-order valence-corrected chi connectivity index (χ3v) is 4.74. The van der Waals surface area contributed by atoms with Gasteiger partial charge >= 0.3 is 0 Å². The Morgan fingerprint density at radius 2 is 1.76 bits per heavy atom. The fourth-order valence-corrected chi connectivity index (χ4v) is 2.98. The van der Waals surface area contributed by atoms with Gasteiger partial charge < -0.3 is 15.1 Å². The number of rotatable bonds is 7. The highest BCUT2D eigenvalue weighted by atomic mass is 19.1. The summed E-state index contributed by atoms with van der Waals surface area (Å²) in [6.07, 6.45) is 2.71. The van der Waals surface area contributed by atoms with Gasteiger partial charge in [0.25, 0.3) is 5.91 Å². The van der Waals surface area contributed by atoms with Gasteiger partial charge in [-0.3, -0.25) is 9.59 Å². The zero-order chi connectivity index (χ0) is 20.2. The number of hydrogen-bond acceptors (Lipinski definition) is 3. The van der Waals surface area contributed by atoms with E-state index in [2.05, 4.69) is 10.6 Å². The van der Waals surface area contributed by atoms with Crippen LogP contribution in [-0.4, -0.2) is 17.9 Å². The average molecular weight is 392 g/mol. The molecule has 2 amide bonds. The minimum absolute atomic E-state index is 0.0890. The molecule has 29 heavy (non-hydrogen) atoms. The van der Waals surface area contributed by atoms with Crippen molar-refractivity contribution in [2.75, 3.05) is 5.32 Å². The van der Waals surface area contributed by atoms with Crippen molar-refractivity contribution >= 4 is 17.5 Å². The molecular formula is C23H21FN2O3. The molecule has 0 spiro atoms. The van der Waals surface area contributed by atoms with Gasteiger partial charge in [0, 0.05) is 30.1 Å². The Kier molecular flexibility index (Phi) is 5.42. The third kappa shape index (κ3) is 4.90. The van der Waals surface area contributed by atoms with Crippen molar-refractivity contribution in [3.05, 3.63) is 77.8 Å². The lowest BCUT2D eigenvalue weighted by Crippen LogP contribution is -2.25. The maximum atomic E-state index is 13.8. The summed E-state index contributed by atoms with van der Waals surface area (Å²) in [6, 6.07) is 17.0. The molecule has 0 atom stereocenters. The summed E-state index contributed by atoms with van der Waals surface area (Å²) in [6.45, 7) is 0. The highest BCUT2D eigenvalue weighted by molar-refractivity contribution is 5.96. The topological polar surface area (TPSA) is 71.3 Å². The van der Waals surface area contributed by atoms with Crippen LogP contribution in [0.5, 0.6) is 0 Å². The van der Waals surface area contributed by atoms with Crippen LogP contribution in [0.1, 0.15) is 35.4 Å². The van der Waals surface area contributed by atoms with E-state index >= 15 is 0 Å². The van der Waals surface area contributed by atoms with Gasteiger partial charge in [-0.05, 0) is 61.4 Å². The molecule has 5 nitrogen and oxygen atoms in total. The first-order chi connectivity index (χ1) is 14.1. The molecule has 1 heterocycles. The Balaban J connectivity index is 1.29. The number of hydrogen-bond donors (Lipinski definition) is 2. The van der Waals surface area contributed by atoms with Gasteiger partial charge in [0.05, 0.1) is 5.56 Å². The quantitative estimate of drug-likeness (QED) is 0.620. The molecule has 1 saturated carbocycles. The molecule has 0 unspecified atom stereocenters. The van der Waals surface area contributed by atoms with Crippen molar-refractivity contribution in [1.82, 2.24) is 5.32 Å². The number of amides is 2. The van der Waals surface area contributed by atoms with Crippen LogP contribution in [0.3, 0.4) is 0 Å². The number of benzene rings is 2. The minimum Gasteiger partial charge on any atom is -0.461 e. The van der Waals surface area contributed by atoms with E-state index in [-0.39, 0.29) is 24.1 Å². The summed E-state index contributed by atoms with van der Waals surface area (Å²) in [5.41, 5.74) is 1.60. The predicted octanol–water partition coefficient (Wildman–Crippen LogP) is 4.55. The second kappa shape index (κ2) is 8.31. The molecular weight excluding hydrogens is 371 g/mol. The Hall–Kier alpha value is -3.41. The molecule has 0 saturated heterocycles. The Morgan fingerprint density at radius 1 is 1.00 bits per heavy atom. The molecule has 6 heteroatoms. The fraction of sp³-hybridized carbons (Fsp3) is 0.217. The molecule has 1 aromatic heterocycles. The summed E-state index contributed by atoms with van der Waals surface area (Å²) < 4.78 is 19.5. The number of furan rings is 1. The van der Waals surface area contributed by atoms with E-state index in [4.69, 9.17) is 4.42 Å². The van der Waals surface area contributed by atoms with Crippen molar-refractivity contribution in [1.29, 1.82) is 0 Å². The van der Waals surface area contributed by atoms with E-state index in [1.54, 1.807) is 54.6 Å². The van der Waals surface area contributed by atoms with Crippen molar-refractivity contribution in [2.45, 2.75) is 31.7 Å². The third-order valence-electron chi connectivity index (χ3n) is 4.74. The first kappa shape index (κ1) is 18.9. The summed E-state index contributed by atoms with van der Waals surface area (Å²) in [4.78, 5) is 24.2. The van der Waals surface area contributed by atoms with E-state index in [9.17, 15) is 14.0 Å².